The first kappa shape index (κ1) is 33.0. The van der Waals surface area contributed by atoms with Crippen molar-refractivity contribution < 1.29 is 19.0 Å². The van der Waals surface area contributed by atoms with Crippen molar-refractivity contribution in [1.29, 1.82) is 5.26 Å². The van der Waals surface area contributed by atoms with Crippen molar-refractivity contribution in [1.82, 2.24) is 0 Å². The third kappa shape index (κ3) is 15.1. The summed E-state index contributed by atoms with van der Waals surface area (Å²) < 4.78 is 17.1. The van der Waals surface area contributed by atoms with Gasteiger partial charge in [0.15, 0.2) is 11.5 Å². The quantitative estimate of drug-likeness (QED) is 0.0593. The topological polar surface area (TPSA) is 68.5 Å². The fourth-order valence-electron chi connectivity index (χ4n) is 4.30. The summed E-state index contributed by atoms with van der Waals surface area (Å²) in [6, 6.07) is 5.45. The maximum absolute atomic E-state index is 11.9. The van der Waals surface area contributed by atoms with Crippen LogP contribution in [0.5, 0.6) is 11.5 Å². The summed E-state index contributed by atoms with van der Waals surface area (Å²) in [4.78, 5) is 11.9. The number of esters is 1. The average molecular weight is 579 g/mol. The second kappa shape index (κ2) is 22.0. The molecule has 208 valence electrons. The van der Waals surface area contributed by atoms with Crippen molar-refractivity contribution in [2.24, 2.45) is 0 Å². The molecule has 0 bridgehead atoms. The van der Waals surface area contributed by atoms with E-state index in [4.69, 9.17) is 14.2 Å². The highest BCUT2D eigenvalue weighted by atomic mass is 79.9. The molecule has 1 aromatic rings. The summed E-state index contributed by atoms with van der Waals surface area (Å²) in [5.74, 6) is 0.553. The van der Waals surface area contributed by atoms with Gasteiger partial charge in [0.1, 0.15) is 11.6 Å². The van der Waals surface area contributed by atoms with E-state index in [2.05, 4.69) is 22.9 Å². The zero-order chi connectivity index (χ0) is 27.1. The maximum Gasteiger partial charge on any atom is 0.348 e. The monoisotopic (exact) mass is 577 g/mol. The zero-order valence-electron chi connectivity index (χ0n) is 23.4. The Balaban J connectivity index is 2.22. The van der Waals surface area contributed by atoms with Gasteiger partial charge in [-0.2, -0.15) is 5.26 Å². The van der Waals surface area contributed by atoms with Crippen LogP contribution in [0.2, 0.25) is 0 Å². The van der Waals surface area contributed by atoms with Crippen LogP contribution in [0.25, 0.3) is 6.08 Å². The molecule has 0 radical (unpaired) electrons. The number of rotatable bonds is 22. The lowest BCUT2D eigenvalue weighted by molar-refractivity contribution is -0.137. The molecular formula is C31H48BrNO4. The highest BCUT2D eigenvalue weighted by Gasteiger charge is 2.14. The van der Waals surface area contributed by atoms with E-state index in [0.717, 1.165) is 17.3 Å². The Morgan fingerprint density at radius 3 is 1.84 bits per heavy atom. The van der Waals surface area contributed by atoms with Gasteiger partial charge < -0.3 is 14.2 Å². The molecule has 5 nitrogen and oxygen atoms in total. The third-order valence-corrected chi connectivity index (χ3v) is 7.01. The van der Waals surface area contributed by atoms with Crippen LogP contribution in [-0.2, 0) is 9.53 Å². The molecule has 0 saturated heterocycles. The SMILES string of the molecule is CCCCCCCCCCCCCCCCCCOc1c(Br)cc(/C=C(\C#N)C(=O)OCC)cc1OC. The van der Waals surface area contributed by atoms with Crippen LogP contribution in [0.15, 0.2) is 22.2 Å². The van der Waals surface area contributed by atoms with Crippen LogP contribution in [0, 0.1) is 11.3 Å². The number of carbonyl (C=O) groups is 1. The first-order valence-electron chi connectivity index (χ1n) is 14.4. The normalized spacial score (nSPS) is 11.3. The Bertz CT molecular complexity index is 831. The third-order valence-electron chi connectivity index (χ3n) is 6.42. The van der Waals surface area contributed by atoms with Gasteiger partial charge in [-0.1, -0.05) is 103 Å². The summed E-state index contributed by atoms with van der Waals surface area (Å²) in [5.41, 5.74) is 0.598. The van der Waals surface area contributed by atoms with Crippen molar-refractivity contribution in [2.75, 3.05) is 20.3 Å². The van der Waals surface area contributed by atoms with E-state index >= 15 is 0 Å². The number of nitriles is 1. The number of unbranched alkanes of at least 4 members (excludes halogenated alkanes) is 15. The van der Waals surface area contributed by atoms with Gasteiger partial charge in [-0.25, -0.2) is 4.79 Å². The van der Waals surface area contributed by atoms with Gasteiger partial charge in [0.05, 0.1) is 24.8 Å². The molecular weight excluding hydrogens is 530 g/mol. The van der Waals surface area contributed by atoms with Crippen LogP contribution in [-0.4, -0.2) is 26.3 Å². The van der Waals surface area contributed by atoms with Gasteiger partial charge in [-0.15, -0.1) is 0 Å². The summed E-state index contributed by atoms with van der Waals surface area (Å²) >= 11 is 3.54. The summed E-state index contributed by atoms with van der Waals surface area (Å²) in [7, 11) is 1.58. The zero-order valence-corrected chi connectivity index (χ0v) is 25.0. The molecule has 0 aliphatic heterocycles. The molecule has 0 unspecified atom stereocenters. The van der Waals surface area contributed by atoms with Crippen molar-refractivity contribution in [3.63, 3.8) is 0 Å². The van der Waals surface area contributed by atoms with E-state index < -0.39 is 5.97 Å². The van der Waals surface area contributed by atoms with Gasteiger partial charge in [0.25, 0.3) is 0 Å². The summed E-state index contributed by atoms with van der Waals surface area (Å²) in [5, 5.41) is 9.26. The Hall–Kier alpha value is -2.00. The summed E-state index contributed by atoms with van der Waals surface area (Å²) in [6.07, 6.45) is 22.9. The number of ether oxygens (including phenoxy) is 3. The van der Waals surface area contributed by atoms with E-state index in [-0.39, 0.29) is 12.2 Å². The van der Waals surface area contributed by atoms with Crippen molar-refractivity contribution in [3.05, 3.63) is 27.7 Å². The number of methoxy groups -OCH3 is 1. The van der Waals surface area contributed by atoms with Gasteiger partial charge in [0.2, 0.25) is 0 Å². The molecule has 0 fully saturated rings. The lowest BCUT2D eigenvalue weighted by Crippen LogP contribution is -2.06. The number of nitrogens with zero attached hydrogens (tertiary/aromatic N) is 1. The molecule has 0 saturated carbocycles. The van der Waals surface area contributed by atoms with E-state index in [9.17, 15) is 10.1 Å². The average Bonchev–Trinajstić information content (AvgIpc) is 2.89. The number of hydrogen-bond acceptors (Lipinski definition) is 5. The Morgan fingerprint density at radius 1 is 0.865 bits per heavy atom. The fraction of sp³-hybridized carbons (Fsp3) is 0.677. The van der Waals surface area contributed by atoms with E-state index in [1.165, 1.54) is 96.0 Å². The van der Waals surface area contributed by atoms with Crippen LogP contribution >= 0.6 is 15.9 Å². The molecule has 0 aliphatic rings. The second-order valence-electron chi connectivity index (χ2n) is 9.58. The van der Waals surface area contributed by atoms with Crippen LogP contribution in [0.4, 0.5) is 0 Å². The number of carbonyl (C=O) groups excluding carboxylic acids is 1. The molecule has 0 aliphatic carbocycles. The van der Waals surface area contributed by atoms with Crippen LogP contribution in [0.1, 0.15) is 122 Å². The Morgan fingerprint density at radius 2 is 1.38 bits per heavy atom. The molecule has 0 spiro atoms. The molecule has 0 heterocycles. The predicted octanol–water partition coefficient (Wildman–Crippen LogP) is 9.57. The Kier molecular flexibility index (Phi) is 19.7. The highest BCUT2D eigenvalue weighted by Crippen LogP contribution is 2.37. The molecule has 0 atom stereocenters. The van der Waals surface area contributed by atoms with E-state index in [0.29, 0.717) is 23.7 Å². The molecule has 0 N–H and O–H groups in total. The van der Waals surface area contributed by atoms with Crippen LogP contribution in [0.3, 0.4) is 0 Å². The van der Waals surface area contributed by atoms with Gasteiger partial charge in [0, 0.05) is 0 Å². The van der Waals surface area contributed by atoms with E-state index in [1.54, 1.807) is 20.1 Å². The molecule has 0 aromatic heterocycles. The molecule has 1 aromatic carbocycles. The lowest BCUT2D eigenvalue weighted by Gasteiger charge is -2.14. The smallest absolute Gasteiger partial charge is 0.348 e. The summed E-state index contributed by atoms with van der Waals surface area (Å²) in [6.45, 7) is 4.82. The Labute approximate surface area is 234 Å². The molecule has 6 heteroatoms. The van der Waals surface area contributed by atoms with E-state index in [1.807, 2.05) is 12.1 Å². The van der Waals surface area contributed by atoms with Gasteiger partial charge in [-0.05, 0) is 53.0 Å². The molecule has 37 heavy (non-hydrogen) atoms. The minimum Gasteiger partial charge on any atom is -0.493 e. The highest BCUT2D eigenvalue weighted by molar-refractivity contribution is 9.10. The van der Waals surface area contributed by atoms with Crippen molar-refractivity contribution >= 4 is 28.0 Å². The largest absolute Gasteiger partial charge is 0.493 e. The standard InChI is InChI=1S/C31H48BrNO4/c1-4-6-7-8-9-10-11-12-13-14-15-16-17-18-19-20-21-37-30-28(32)23-26(24-29(30)35-3)22-27(25-33)31(34)36-5-2/h22-24H,4-21H2,1-3H3/b27-22+. The second-order valence-corrected chi connectivity index (χ2v) is 10.4. The lowest BCUT2D eigenvalue weighted by atomic mass is 10.0. The molecule has 1 rings (SSSR count). The van der Waals surface area contributed by atoms with Gasteiger partial charge >= 0.3 is 5.97 Å². The minimum absolute atomic E-state index is 0.0577. The van der Waals surface area contributed by atoms with Gasteiger partial charge in [-0.3, -0.25) is 0 Å². The predicted molar refractivity (Wildman–Crippen MR) is 156 cm³/mol. The first-order chi connectivity index (χ1) is 18.1. The minimum atomic E-state index is -0.635. The van der Waals surface area contributed by atoms with Crippen LogP contribution < -0.4 is 9.47 Å². The maximum atomic E-state index is 11.9. The fourth-order valence-corrected chi connectivity index (χ4v) is 4.87. The number of hydrogen-bond donors (Lipinski definition) is 0. The van der Waals surface area contributed by atoms with Crippen molar-refractivity contribution in [2.45, 2.75) is 117 Å². The first-order valence-corrected chi connectivity index (χ1v) is 15.2. The number of halogens is 1. The van der Waals surface area contributed by atoms with Crippen molar-refractivity contribution in [3.8, 4) is 17.6 Å². The molecule has 0 amide bonds. The number of benzene rings is 1.